The number of carbonyl (C=O) groups excluding carboxylic acids is 2. The van der Waals surface area contributed by atoms with Crippen LogP contribution in [0.4, 0.5) is 0 Å². The van der Waals surface area contributed by atoms with Crippen molar-refractivity contribution in [1.82, 2.24) is 0 Å². The van der Waals surface area contributed by atoms with Crippen molar-refractivity contribution in [2.45, 2.75) is 33.3 Å². The molecule has 0 saturated heterocycles. The maximum atomic E-state index is 10.9. The van der Waals surface area contributed by atoms with E-state index in [2.05, 4.69) is 24.5 Å². The zero-order chi connectivity index (χ0) is 14.7. The van der Waals surface area contributed by atoms with Gasteiger partial charge in [-0.15, -0.1) is 6.58 Å². The van der Waals surface area contributed by atoms with Gasteiger partial charge in [0.15, 0.2) is 0 Å². The molecule has 4 nitrogen and oxygen atoms in total. The van der Waals surface area contributed by atoms with Crippen molar-refractivity contribution in [3.05, 3.63) is 37.0 Å². The third-order valence-electron chi connectivity index (χ3n) is 1.49. The Labute approximate surface area is 109 Å². The summed E-state index contributed by atoms with van der Waals surface area (Å²) in [5.41, 5.74) is 1.44. The second kappa shape index (κ2) is 10.3. The van der Waals surface area contributed by atoms with Gasteiger partial charge in [-0.3, -0.25) is 0 Å². The van der Waals surface area contributed by atoms with Gasteiger partial charge in [0.1, 0.15) is 6.10 Å². The Morgan fingerprint density at radius 1 is 1.28 bits per heavy atom. The highest BCUT2D eigenvalue weighted by Crippen LogP contribution is 2.08. The topological polar surface area (TPSA) is 52.6 Å². The number of hydrogen-bond acceptors (Lipinski definition) is 4. The first-order valence-electron chi connectivity index (χ1n) is 5.45. The minimum absolute atomic E-state index is 0.256. The van der Waals surface area contributed by atoms with Crippen LogP contribution in [0.5, 0.6) is 0 Å². The normalized spacial score (nSPS) is 10.2. The monoisotopic (exact) mass is 254 g/mol. The summed E-state index contributed by atoms with van der Waals surface area (Å²) in [5.74, 6) is -1.01. The molecular formula is C14H22O4. The SMILES string of the molecule is C=C(C)C.C=CC(=O)OC(C)CC(=C)C(=O)OC. The van der Waals surface area contributed by atoms with E-state index in [1.165, 1.54) is 12.7 Å². The van der Waals surface area contributed by atoms with Gasteiger partial charge < -0.3 is 9.47 Å². The summed E-state index contributed by atoms with van der Waals surface area (Å²) >= 11 is 0. The molecule has 18 heavy (non-hydrogen) atoms. The maximum absolute atomic E-state index is 10.9. The van der Waals surface area contributed by atoms with Crippen LogP contribution in [-0.4, -0.2) is 25.2 Å². The van der Waals surface area contributed by atoms with E-state index in [1.807, 2.05) is 13.8 Å². The van der Waals surface area contributed by atoms with Crippen molar-refractivity contribution >= 4 is 11.9 Å². The van der Waals surface area contributed by atoms with Crippen LogP contribution in [0, 0.1) is 0 Å². The van der Waals surface area contributed by atoms with E-state index in [1.54, 1.807) is 6.92 Å². The molecule has 0 aromatic heterocycles. The number of ether oxygens (including phenoxy) is 2. The Morgan fingerprint density at radius 2 is 1.72 bits per heavy atom. The molecule has 0 aliphatic rings. The van der Waals surface area contributed by atoms with E-state index >= 15 is 0 Å². The number of esters is 2. The molecule has 0 radical (unpaired) electrons. The Morgan fingerprint density at radius 3 is 2.06 bits per heavy atom. The predicted octanol–water partition coefficient (Wildman–Crippen LogP) is 2.81. The Kier molecular flexibility index (Phi) is 10.6. The van der Waals surface area contributed by atoms with E-state index in [9.17, 15) is 9.59 Å². The largest absolute Gasteiger partial charge is 0.466 e. The molecule has 1 atom stereocenters. The van der Waals surface area contributed by atoms with Crippen molar-refractivity contribution in [3.63, 3.8) is 0 Å². The molecule has 0 spiro atoms. The molecule has 0 amide bonds. The number of hydrogen-bond donors (Lipinski definition) is 0. The van der Waals surface area contributed by atoms with Crippen molar-refractivity contribution in [2.75, 3.05) is 7.11 Å². The molecule has 0 rings (SSSR count). The summed E-state index contributed by atoms with van der Waals surface area (Å²) in [6.07, 6.45) is 0.913. The van der Waals surface area contributed by atoms with Crippen LogP contribution in [0.25, 0.3) is 0 Å². The molecule has 0 aromatic rings. The van der Waals surface area contributed by atoms with Crippen molar-refractivity contribution < 1.29 is 19.1 Å². The maximum Gasteiger partial charge on any atom is 0.333 e. The van der Waals surface area contributed by atoms with Gasteiger partial charge in [0.05, 0.1) is 7.11 Å². The van der Waals surface area contributed by atoms with Gasteiger partial charge in [-0.25, -0.2) is 9.59 Å². The number of allylic oxidation sites excluding steroid dienone is 1. The van der Waals surface area contributed by atoms with Gasteiger partial charge in [0.2, 0.25) is 0 Å². The molecule has 0 N–H and O–H groups in total. The summed E-state index contributed by atoms with van der Waals surface area (Å²) in [6, 6.07) is 0. The molecule has 1 unspecified atom stereocenters. The van der Waals surface area contributed by atoms with Gasteiger partial charge in [-0.2, -0.15) is 0 Å². The molecule has 102 valence electrons. The van der Waals surface area contributed by atoms with Gasteiger partial charge in [0.25, 0.3) is 0 Å². The molecule has 0 bridgehead atoms. The minimum Gasteiger partial charge on any atom is -0.466 e. The van der Waals surface area contributed by atoms with Crippen LogP contribution in [-0.2, 0) is 19.1 Å². The smallest absolute Gasteiger partial charge is 0.333 e. The molecule has 0 aliphatic carbocycles. The van der Waals surface area contributed by atoms with Gasteiger partial charge in [0, 0.05) is 18.1 Å². The van der Waals surface area contributed by atoms with Crippen LogP contribution in [0.15, 0.2) is 37.0 Å². The molecule has 0 saturated carbocycles. The molecule has 0 heterocycles. The third kappa shape index (κ3) is 12.2. The Hall–Kier alpha value is -1.84. The first kappa shape index (κ1) is 18.5. The van der Waals surface area contributed by atoms with Crippen molar-refractivity contribution in [1.29, 1.82) is 0 Å². The van der Waals surface area contributed by atoms with Crippen LogP contribution in [0.2, 0.25) is 0 Å². The molecule has 0 fully saturated rings. The summed E-state index contributed by atoms with van der Waals surface area (Å²) < 4.78 is 9.28. The van der Waals surface area contributed by atoms with E-state index < -0.39 is 18.0 Å². The fourth-order valence-electron chi connectivity index (χ4n) is 0.863. The zero-order valence-corrected chi connectivity index (χ0v) is 11.6. The molecule has 0 aromatic carbocycles. The molecule has 0 aliphatic heterocycles. The quantitative estimate of drug-likeness (QED) is 0.430. The Balaban J connectivity index is 0. The highest BCUT2D eigenvalue weighted by atomic mass is 16.5. The lowest BCUT2D eigenvalue weighted by atomic mass is 10.1. The van der Waals surface area contributed by atoms with E-state index in [0.29, 0.717) is 0 Å². The molecular weight excluding hydrogens is 232 g/mol. The van der Waals surface area contributed by atoms with Gasteiger partial charge >= 0.3 is 11.9 Å². The zero-order valence-electron chi connectivity index (χ0n) is 11.6. The van der Waals surface area contributed by atoms with Gasteiger partial charge in [-0.1, -0.05) is 18.7 Å². The number of carbonyl (C=O) groups is 2. The fraction of sp³-hybridized carbons (Fsp3) is 0.429. The van der Waals surface area contributed by atoms with E-state index in [4.69, 9.17) is 4.74 Å². The average Bonchev–Trinajstić information content (AvgIpc) is 2.26. The van der Waals surface area contributed by atoms with E-state index in [0.717, 1.165) is 6.08 Å². The van der Waals surface area contributed by atoms with Crippen molar-refractivity contribution in [2.24, 2.45) is 0 Å². The Bertz CT molecular complexity index is 325. The van der Waals surface area contributed by atoms with Crippen LogP contribution in [0.1, 0.15) is 27.2 Å². The standard InChI is InChI=1S/C10H14O4.C4H8/c1-5-9(11)14-8(3)6-7(2)10(12)13-4;1-4(2)3/h5,8H,1-2,6H2,3-4H3;1H2,2-3H3. The predicted molar refractivity (Wildman–Crippen MR) is 72.0 cm³/mol. The first-order valence-corrected chi connectivity index (χ1v) is 5.45. The van der Waals surface area contributed by atoms with Gasteiger partial charge in [-0.05, 0) is 20.8 Å². The van der Waals surface area contributed by atoms with Crippen LogP contribution < -0.4 is 0 Å². The first-order chi connectivity index (χ1) is 8.24. The lowest BCUT2D eigenvalue weighted by molar-refractivity contribution is -0.143. The lowest BCUT2D eigenvalue weighted by Crippen LogP contribution is -2.16. The fourth-order valence-corrected chi connectivity index (χ4v) is 0.863. The second-order valence-corrected chi connectivity index (χ2v) is 3.96. The lowest BCUT2D eigenvalue weighted by Gasteiger charge is -2.11. The summed E-state index contributed by atoms with van der Waals surface area (Å²) in [4.78, 5) is 21.7. The average molecular weight is 254 g/mol. The highest BCUT2D eigenvalue weighted by molar-refractivity contribution is 5.87. The van der Waals surface area contributed by atoms with Crippen molar-refractivity contribution in [3.8, 4) is 0 Å². The molecule has 4 heteroatoms. The highest BCUT2D eigenvalue weighted by Gasteiger charge is 2.13. The van der Waals surface area contributed by atoms with Crippen LogP contribution in [0.3, 0.4) is 0 Å². The van der Waals surface area contributed by atoms with Crippen LogP contribution >= 0.6 is 0 Å². The third-order valence-corrected chi connectivity index (χ3v) is 1.49. The second-order valence-electron chi connectivity index (χ2n) is 3.96. The number of rotatable bonds is 5. The summed E-state index contributed by atoms with van der Waals surface area (Å²) in [6.45, 7) is 15.9. The summed E-state index contributed by atoms with van der Waals surface area (Å²) in [7, 11) is 1.27. The minimum atomic E-state index is -0.518. The summed E-state index contributed by atoms with van der Waals surface area (Å²) in [5, 5.41) is 0. The number of methoxy groups -OCH3 is 1. The van der Waals surface area contributed by atoms with E-state index in [-0.39, 0.29) is 12.0 Å².